The Morgan fingerprint density at radius 3 is 2.00 bits per heavy atom. The third-order valence-corrected chi connectivity index (χ3v) is 4.42. The Labute approximate surface area is 146 Å². The van der Waals surface area contributed by atoms with E-state index in [0.29, 0.717) is 5.15 Å². The molecule has 1 aliphatic heterocycles. The Morgan fingerprint density at radius 1 is 0.792 bits per heavy atom. The molecule has 0 unspecified atom stereocenters. The van der Waals surface area contributed by atoms with E-state index in [0.717, 1.165) is 31.3 Å². The SMILES string of the molecule is Clc1ncnc2c1N(Cc1ccccc1)CN2Cc1ccccc1. The third-order valence-electron chi connectivity index (χ3n) is 4.15. The zero-order valence-electron chi connectivity index (χ0n) is 13.1. The molecule has 0 bridgehead atoms. The fourth-order valence-electron chi connectivity index (χ4n) is 3.06. The highest BCUT2D eigenvalue weighted by Gasteiger charge is 2.30. The van der Waals surface area contributed by atoms with Crippen LogP contribution in [0.5, 0.6) is 0 Å². The molecule has 24 heavy (non-hydrogen) atoms. The second-order valence-corrected chi connectivity index (χ2v) is 6.20. The first-order valence-corrected chi connectivity index (χ1v) is 8.27. The number of aromatic nitrogens is 2. The molecule has 0 saturated heterocycles. The van der Waals surface area contributed by atoms with E-state index in [9.17, 15) is 0 Å². The summed E-state index contributed by atoms with van der Waals surface area (Å²) in [5.74, 6) is 0.898. The van der Waals surface area contributed by atoms with Crippen molar-refractivity contribution in [3.8, 4) is 0 Å². The van der Waals surface area contributed by atoms with Crippen molar-refractivity contribution >= 4 is 23.1 Å². The van der Waals surface area contributed by atoms with Crippen LogP contribution in [0.15, 0.2) is 67.0 Å². The first-order chi connectivity index (χ1) is 11.8. The summed E-state index contributed by atoms with van der Waals surface area (Å²) in [6.07, 6.45) is 1.53. The summed E-state index contributed by atoms with van der Waals surface area (Å²) >= 11 is 6.38. The Balaban J connectivity index is 1.64. The fraction of sp³-hybridized carbons (Fsp3) is 0.158. The lowest BCUT2D eigenvalue weighted by Gasteiger charge is -2.21. The van der Waals surface area contributed by atoms with Crippen LogP contribution in [-0.2, 0) is 13.1 Å². The van der Waals surface area contributed by atoms with Gasteiger partial charge in [-0.15, -0.1) is 0 Å². The maximum Gasteiger partial charge on any atom is 0.159 e. The van der Waals surface area contributed by atoms with E-state index in [1.807, 2.05) is 12.1 Å². The molecule has 0 N–H and O–H groups in total. The van der Waals surface area contributed by atoms with Gasteiger partial charge in [-0.2, -0.15) is 0 Å². The van der Waals surface area contributed by atoms with Gasteiger partial charge in [-0.1, -0.05) is 72.3 Å². The van der Waals surface area contributed by atoms with Gasteiger partial charge in [-0.3, -0.25) is 0 Å². The van der Waals surface area contributed by atoms with Crippen molar-refractivity contribution in [3.63, 3.8) is 0 Å². The molecule has 0 aliphatic carbocycles. The smallest absolute Gasteiger partial charge is 0.159 e. The van der Waals surface area contributed by atoms with Gasteiger partial charge in [0.15, 0.2) is 11.0 Å². The van der Waals surface area contributed by atoms with Gasteiger partial charge in [0.1, 0.15) is 12.0 Å². The molecule has 0 saturated carbocycles. The topological polar surface area (TPSA) is 32.3 Å². The van der Waals surface area contributed by atoms with Crippen LogP contribution in [0.4, 0.5) is 11.5 Å². The van der Waals surface area contributed by atoms with E-state index < -0.39 is 0 Å². The zero-order chi connectivity index (χ0) is 16.4. The molecular formula is C19H17ClN4. The third kappa shape index (κ3) is 2.93. The summed E-state index contributed by atoms with van der Waals surface area (Å²) in [5.41, 5.74) is 3.41. The number of halogens is 1. The van der Waals surface area contributed by atoms with Crippen molar-refractivity contribution < 1.29 is 0 Å². The van der Waals surface area contributed by atoms with Crippen molar-refractivity contribution in [3.05, 3.63) is 83.3 Å². The minimum Gasteiger partial charge on any atom is -0.344 e. The molecule has 2 aromatic carbocycles. The van der Waals surface area contributed by atoms with Gasteiger partial charge in [-0.05, 0) is 11.1 Å². The summed E-state index contributed by atoms with van der Waals surface area (Å²) in [4.78, 5) is 13.1. The Hall–Kier alpha value is -2.59. The molecule has 120 valence electrons. The number of hydrogen-bond acceptors (Lipinski definition) is 4. The maximum atomic E-state index is 6.38. The van der Waals surface area contributed by atoms with Crippen LogP contribution >= 0.6 is 11.6 Å². The lowest BCUT2D eigenvalue weighted by atomic mass is 10.2. The second kappa shape index (κ2) is 6.49. The van der Waals surface area contributed by atoms with Gasteiger partial charge >= 0.3 is 0 Å². The number of fused-ring (bicyclic) bond motifs is 1. The normalized spacial score (nSPS) is 13.2. The number of hydrogen-bond donors (Lipinski definition) is 0. The standard InChI is InChI=1S/C19H17ClN4/c20-18-17-19(22-13-21-18)24(12-16-9-5-2-6-10-16)14-23(17)11-15-7-3-1-4-8-15/h1-10,13H,11-12,14H2. The van der Waals surface area contributed by atoms with Gasteiger partial charge in [0, 0.05) is 13.1 Å². The van der Waals surface area contributed by atoms with Crippen molar-refractivity contribution in [1.29, 1.82) is 0 Å². The Kier molecular flexibility index (Phi) is 4.05. The molecular weight excluding hydrogens is 320 g/mol. The highest BCUT2D eigenvalue weighted by Crippen LogP contribution is 2.39. The number of benzene rings is 2. The van der Waals surface area contributed by atoms with Crippen LogP contribution in [0.1, 0.15) is 11.1 Å². The molecule has 0 atom stereocenters. The van der Waals surface area contributed by atoms with Gasteiger partial charge in [0.05, 0.1) is 6.67 Å². The first-order valence-electron chi connectivity index (χ1n) is 7.89. The molecule has 1 aliphatic rings. The van der Waals surface area contributed by atoms with Crippen molar-refractivity contribution in [2.24, 2.45) is 0 Å². The van der Waals surface area contributed by atoms with E-state index in [1.165, 1.54) is 17.5 Å². The van der Waals surface area contributed by atoms with Gasteiger partial charge in [0.2, 0.25) is 0 Å². The highest BCUT2D eigenvalue weighted by molar-refractivity contribution is 6.32. The van der Waals surface area contributed by atoms with Gasteiger partial charge < -0.3 is 9.80 Å². The van der Waals surface area contributed by atoms with E-state index in [-0.39, 0.29) is 0 Å². The van der Waals surface area contributed by atoms with E-state index in [2.05, 4.69) is 68.3 Å². The molecule has 0 amide bonds. The molecule has 4 rings (SSSR count). The molecule has 4 nitrogen and oxygen atoms in total. The molecule has 2 heterocycles. The summed E-state index contributed by atoms with van der Waals surface area (Å²) in [5, 5.41) is 0.506. The molecule has 5 heteroatoms. The van der Waals surface area contributed by atoms with Crippen LogP contribution in [0.25, 0.3) is 0 Å². The second-order valence-electron chi connectivity index (χ2n) is 5.85. The lowest BCUT2D eigenvalue weighted by Crippen LogP contribution is -2.30. The van der Waals surface area contributed by atoms with Crippen molar-refractivity contribution in [2.75, 3.05) is 16.5 Å². The van der Waals surface area contributed by atoms with Crippen molar-refractivity contribution in [1.82, 2.24) is 9.97 Å². The van der Waals surface area contributed by atoms with E-state index >= 15 is 0 Å². The molecule has 3 aromatic rings. The summed E-state index contributed by atoms with van der Waals surface area (Å²) in [6, 6.07) is 20.8. The van der Waals surface area contributed by atoms with Gasteiger partial charge in [-0.25, -0.2) is 9.97 Å². The molecule has 0 radical (unpaired) electrons. The minimum absolute atomic E-state index is 0.506. The maximum absolute atomic E-state index is 6.38. The largest absolute Gasteiger partial charge is 0.344 e. The number of rotatable bonds is 4. The predicted octanol–water partition coefficient (Wildman–Crippen LogP) is 4.11. The monoisotopic (exact) mass is 336 g/mol. The van der Waals surface area contributed by atoms with Gasteiger partial charge in [0.25, 0.3) is 0 Å². The number of nitrogens with zero attached hydrogens (tertiary/aromatic N) is 4. The fourth-order valence-corrected chi connectivity index (χ4v) is 3.31. The van der Waals surface area contributed by atoms with Crippen LogP contribution in [0.3, 0.4) is 0 Å². The van der Waals surface area contributed by atoms with Crippen LogP contribution in [-0.4, -0.2) is 16.6 Å². The van der Waals surface area contributed by atoms with Crippen molar-refractivity contribution in [2.45, 2.75) is 13.1 Å². The summed E-state index contributed by atoms with van der Waals surface area (Å²) in [7, 11) is 0. The van der Waals surface area contributed by atoms with Crippen LogP contribution in [0.2, 0.25) is 5.15 Å². The van der Waals surface area contributed by atoms with E-state index in [1.54, 1.807) is 0 Å². The average Bonchev–Trinajstić information content (AvgIpc) is 2.95. The highest BCUT2D eigenvalue weighted by atomic mass is 35.5. The Morgan fingerprint density at radius 2 is 1.38 bits per heavy atom. The zero-order valence-corrected chi connectivity index (χ0v) is 13.9. The van der Waals surface area contributed by atoms with Crippen LogP contribution in [0, 0.1) is 0 Å². The molecule has 1 aromatic heterocycles. The minimum atomic E-state index is 0.506. The molecule has 0 fully saturated rings. The molecule has 0 spiro atoms. The summed E-state index contributed by atoms with van der Waals surface area (Å²) in [6.45, 7) is 2.33. The quantitative estimate of drug-likeness (QED) is 0.671. The first kappa shape index (κ1) is 15.0. The summed E-state index contributed by atoms with van der Waals surface area (Å²) < 4.78 is 0. The Bertz CT molecular complexity index is 823. The van der Waals surface area contributed by atoms with Crippen LogP contribution < -0.4 is 9.80 Å². The average molecular weight is 337 g/mol. The predicted molar refractivity (Wildman–Crippen MR) is 97.2 cm³/mol. The number of anilines is 2. The lowest BCUT2D eigenvalue weighted by molar-refractivity contribution is 0.759. The van der Waals surface area contributed by atoms with E-state index in [4.69, 9.17) is 11.6 Å².